The number of rotatable bonds is 6. The Morgan fingerprint density at radius 3 is 2.56 bits per heavy atom. The Labute approximate surface area is 107 Å². The summed E-state index contributed by atoms with van der Waals surface area (Å²) >= 11 is 0. The number of phenolic OH excluding ortho intramolecular Hbond substituents is 1. The lowest BCUT2D eigenvalue weighted by Gasteiger charge is -2.16. The zero-order valence-corrected chi connectivity index (χ0v) is 10.5. The second-order valence-corrected chi connectivity index (χ2v) is 4.40. The summed E-state index contributed by atoms with van der Waals surface area (Å²) < 4.78 is 0. The Balaban J connectivity index is 2.46. The minimum Gasteiger partial charge on any atom is -0.508 e. The number of nitrogens with one attached hydrogen (secondary N) is 1. The van der Waals surface area contributed by atoms with Crippen molar-refractivity contribution in [2.24, 2.45) is 5.73 Å². The number of hydrogen-bond donors (Lipinski definition) is 4. The topological polar surface area (TPSA) is 95.6 Å². The first kappa shape index (κ1) is 14.5. The van der Waals surface area contributed by atoms with E-state index in [1.165, 1.54) is 0 Å². The minimum absolute atomic E-state index is 0.0364. The van der Waals surface area contributed by atoms with E-state index in [0.29, 0.717) is 12.8 Å². The van der Waals surface area contributed by atoms with Gasteiger partial charge >= 0.3 is 0 Å². The summed E-state index contributed by atoms with van der Waals surface area (Å²) in [6.07, 6.45) is 0.926. The van der Waals surface area contributed by atoms with E-state index in [-0.39, 0.29) is 24.3 Å². The highest BCUT2D eigenvalue weighted by Crippen LogP contribution is 2.10. The molecule has 1 aromatic carbocycles. The number of benzene rings is 1. The molecule has 0 saturated heterocycles. The molecule has 0 radical (unpaired) electrons. The third kappa shape index (κ3) is 4.73. The third-order valence-corrected chi connectivity index (χ3v) is 2.68. The van der Waals surface area contributed by atoms with E-state index in [1.54, 1.807) is 24.3 Å². The molecule has 5 nitrogen and oxygen atoms in total. The predicted octanol–water partition coefficient (Wildman–Crippen LogP) is 0.149. The van der Waals surface area contributed by atoms with E-state index in [0.717, 1.165) is 5.56 Å². The monoisotopic (exact) mass is 252 g/mol. The van der Waals surface area contributed by atoms with Crippen LogP contribution in [0.15, 0.2) is 24.3 Å². The average Bonchev–Trinajstić information content (AvgIpc) is 2.32. The van der Waals surface area contributed by atoms with Crippen LogP contribution in [0.5, 0.6) is 5.75 Å². The van der Waals surface area contributed by atoms with Gasteiger partial charge in [-0.1, -0.05) is 12.1 Å². The number of aromatic hydroxyl groups is 1. The Morgan fingerprint density at radius 1 is 1.39 bits per heavy atom. The molecule has 0 aliphatic heterocycles. The van der Waals surface area contributed by atoms with Crippen LogP contribution in [0, 0.1) is 0 Å². The first-order valence-corrected chi connectivity index (χ1v) is 5.97. The van der Waals surface area contributed by atoms with Gasteiger partial charge in [0, 0.05) is 12.6 Å². The minimum atomic E-state index is -0.629. The first-order chi connectivity index (χ1) is 8.52. The number of hydrogen-bond acceptors (Lipinski definition) is 4. The first-order valence-electron chi connectivity index (χ1n) is 5.97. The highest BCUT2D eigenvalue weighted by Gasteiger charge is 2.15. The summed E-state index contributed by atoms with van der Waals surface area (Å²) in [5, 5.41) is 20.6. The fourth-order valence-electron chi connectivity index (χ4n) is 1.59. The highest BCUT2D eigenvalue weighted by molar-refractivity contribution is 5.82. The van der Waals surface area contributed by atoms with Gasteiger partial charge in [0.25, 0.3) is 0 Å². The molecule has 18 heavy (non-hydrogen) atoms. The Morgan fingerprint density at radius 2 is 2.00 bits per heavy atom. The normalized spacial score (nSPS) is 13.9. The van der Waals surface area contributed by atoms with Gasteiger partial charge in [0.2, 0.25) is 5.91 Å². The summed E-state index contributed by atoms with van der Waals surface area (Å²) in [7, 11) is 0. The largest absolute Gasteiger partial charge is 0.508 e. The SMILES string of the molecule is CC(CCO)NC(=O)C(N)Cc1ccc(O)cc1. The molecule has 0 heterocycles. The van der Waals surface area contributed by atoms with Gasteiger partial charge in [-0.2, -0.15) is 0 Å². The zero-order chi connectivity index (χ0) is 13.5. The number of carbonyl (C=O) groups excluding carboxylic acids is 1. The molecular weight excluding hydrogens is 232 g/mol. The van der Waals surface area contributed by atoms with Crippen molar-refractivity contribution in [1.29, 1.82) is 0 Å². The van der Waals surface area contributed by atoms with E-state index in [2.05, 4.69) is 5.32 Å². The molecule has 1 rings (SSSR count). The average molecular weight is 252 g/mol. The molecule has 0 spiro atoms. The van der Waals surface area contributed by atoms with Gasteiger partial charge in [0.05, 0.1) is 6.04 Å². The number of nitrogens with two attached hydrogens (primary N) is 1. The summed E-state index contributed by atoms with van der Waals surface area (Å²) in [6, 6.07) is 5.88. The van der Waals surface area contributed by atoms with E-state index in [1.807, 2.05) is 6.92 Å². The molecule has 1 aromatic rings. The van der Waals surface area contributed by atoms with Crippen LogP contribution < -0.4 is 11.1 Å². The van der Waals surface area contributed by atoms with E-state index in [4.69, 9.17) is 15.9 Å². The van der Waals surface area contributed by atoms with Gasteiger partial charge in [-0.25, -0.2) is 0 Å². The number of carbonyl (C=O) groups is 1. The Bertz CT molecular complexity index is 378. The molecule has 2 atom stereocenters. The number of amides is 1. The van der Waals surface area contributed by atoms with Crippen LogP contribution in [0.4, 0.5) is 0 Å². The van der Waals surface area contributed by atoms with Gasteiger partial charge in [-0.05, 0) is 37.5 Å². The van der Waals surface area contributed by atoms with Gasteiger partial charge in [-0.3, -0.25) is 4.79 Å². The van der Waals surface area contributed by atoms with Crippen molar-refractivity contribution in [1.82, 2.24) is 5.32 Å². The maximum absolute atomic E-state index is 11.7. The lowest BCUT2D eigenvalue weighted by molar-refractivity contribution is -0.123. The number of phenols is 1. The Hall–Kier alpha value is -1.59. The van der Waals surface area contributed by atoms with Crippen LogP contribution in [-0.2, 0) is 11.2 Å². The molecule has 0 saturated carbocycles. The second-order valence-electron chi connectivity index (χ2n) is 4.40. The summed E-state index contributed by atoms with van der Waals surface area (Å²) in [4.78, 5) is 11.7. The fourth-order valence-corrected chi connectivity index (χ4v) is 1.59. The number of aliphatic hydroxyl groups is 1. The Kier molecular flexibility index (Phi) is 5.61. The molecule has 5 N–H and O–H groups in total. The second kappa shape index (κ2) is 6.98. The maximum atomic E-state index is 11.7. The van der Waals surface area contributed by atoms with E-state index < -0.39 is 6.04 Å². The van der Waals surface area contributed by atoms with Crippen molar-refractivity contribution >= 4 is 5.91 Å². The van der Waals surface area contributed by atoms with Gasteiger partial charge in [0.1, 0.15) is 5.75 Å². The zero-order valence-electron chi connectivity index (χ0n) is 10.5. The standard InChI is InChI=1S/C13H20N2O3/c1-9(6-7-16)15-13(18)12(14)8-10-2-4-11(17)5-3-10/h2-5,9,12,16-17H,6-8,14H2,1H3,(H,15,18). The third-order valence-electron chi connectivity index (χ3n) is 2.68. The van der Waals surface area contributed by atoms with Crippen molar-refractivity contribution < 1.29 is 15.0 Å². The van der Waals surface area contributed by atoms with Crippen molar-refractivity contribution in [3.63, 3.8) is 0 Å². The van der Waals surface area contributed by atoms with Crippen LogP contribution in [0.3, 0.4) is 0 Å². The maximum Gasteiger partial charge on any atom is 0.237 e. The molecule has 0 aromatic heterocycles. The van der Waals surface area contributed by atoms with Crippen molar-refractivity contribution in [2.45, 2.75) is 31.8 Å². The molecule has 0 fully saturated rings. The van der Waals surface area contributed by atoms with Crippen LogP contribution in [0.2, 0.25) is 0 Å². The van der Waals surface area contributed by atoms with Crippen molar-refractivity contribution in [3.8, 4) is 5.75 Å². The summed E-state index contributed by atoms with van der Waals surface area (Å²) in [6.45, 7) is 1.86. The van der Waals surface area contributed by atoms with Gasteiger partial charge in [-0.15, -0.1) is 0 Å². The van der Waals surface area contributed by atoms with E-state index in [9.17, 15) is 4.79 Å². The van der Waals surface area contributed by atoms with Gasteiger partial charge < -0.3 is 21.3 Å². The molecule has 5 heteroatoms. The van der Waals surface area contributed by atoms with Crippen molar-refractivity contribution in [3.05, 3.63) is 29.8 Å². The predicted molar refractivity (Wildman–Crippen MR) is 69.1 cm³/mol. The van der Waals surface area contributed by atoms with Crippen LogP contribution >= 0.6 is 0 Å². The van der Waals surface area contributed by atoms with Crippen molar-refractivity contribution in [2.75, 3.05) is 6.61 Å². The molecule has 1 amide bonds. The molecule has 0 aliphatic rings. The van der Waals surface area contributed by atoms with Crippen LogP contribution in [0.1, 0.15) is 18.9 Å². The molecule has 0 aliphatic carbocycles. The quantitative estimate of drug-likeness (QED) is 0.579. The van der Waals surface area contributed by atoms with Crippen LogP contribution in [-0.4, -0.2) is 34.8 Å². The lowest BCUT2D eigenvalue weighted by atomic mass is 10.1. The summed E-state index contributed by atoms with van der Waals surface area (Å²) in [5.74, 6) is -0.0441. The molecule has 100 valence electrons. The lowest BCUT2D eigenvalue weighted by Crippen LogP contribution is -2.45. The molecular formula is C13H20N2O3. The van der Waals surface area contributed by atoms with Crippen LogP contribution in [0.25, 0.3) is 0 Å². The van der Waals surface area contributed by atoms with E-state index >= 15 is 0 Å². The fraction of sp³-hybridized carbons (Fsp3) is 0.462. The molecule has 2 unspecified atom stereocenters. The smallest absolute Gasteiger partial charge is 0.237 e. The molecule has 0 bridgehead atoms. The summed E-state index contributed by atoms with van der Waals surface area (Å²) in [5.41, 5.74) is 6.69. The van der Waals surface area contributed by atoms with Gasteiger partial charge in [0.15, 0.2) is 0 Å². The highest BCUT2D eigenvalue weighted by atomic mass is 16.3. The number of aliphatic hydroxyl groups excluding tert-OH is 1.